The van der Waals surface area contributed by atoms with Crippen molar-refractivity contribution in [3.8, 4) is 0 Å². The van der Waals surface area contributed by atoms with Crippen LogP contribution in [0.1, 0.15) is 0 Å². The van der Waals surface area contributed by atoms with Gasteiger partial charge in [0.05, 0.1) is 0 Å². The summed E-state index contributed by atoms with van der Waals surface area (Å²) in [5, 5.41) is 22.6. The Morgan fingerprint density at radius 3 is 1.12 bits per heavy atom. The zero-order chi connectivity index (χ0) is 12.9. The SMILES string of the molecule is CO.CO.CO.C[Si](C)(C)[c-]1cccc1.[Hf]. The Hall–Kier alpha value is 0.317. The van der Waals surface area contributed by atoms with Gasteiger partial charge in [-0.1, -0.05) is 19.6 Å². The molecular formula is C11H25HfO3Si-. The summed E-state index contributed by atoms with van der Waals surface area (Å²) in [5.74, 6) is 0. The molecule has 0 saturated carbocycles. The molecule has 0 bridgehead atoms. The normalized spacial score (nSPS) is 7.81. The minimum Gasteiger partial charge on any atom is -0.400 e. The molecule has 0 spiro atoms. The van der Waals surface area contributed by atoms with Crippen LogP contribution in [0.3, 0.4) is 0 Å². The van der Waals surface area contributed by atoms with Crippen molar-refractivity contribution in [1.82, 2.24) is 0 Å². The van der Waals surface area contributed by atoms with Crippen LogP contribution in [-0.2, 0) is 25.8 Å². The summed E-state index contributed by atoms with van der Waals surface area (Å²) in [5.41, 5.74) is 0. The molecule has 1 aromatic rings. The van der Waals surface area contributed by atoms with Crippen molar-refractivity contribution in [3.05, 3.63) is 24.3 Å². The molecule has 0 aliphatic carbocycles. The van der Waals surface area contributed by atoms with Gasteiger partial charge >= 0.3 is 0 Å². The van der Waals surface area contributed by atoms with E-state index in [2.05, 4.69) is 43.9 Å². The van der Waals surface area contributed by atoms with E-state index in [1.54, 1.807) is 5.19 Å². The van der Waals surface area contributed by atoms with Crippen molar-refractivity contribution in [2.24, 2.45) is 0 Å². The van der Waals surface area contributed by atoms with E-state index in [1.807, 2.05) is 0 Å². The van der Waals surface area contributed by atoms with Crippen molar-refractivity contribution in [2.75, 3.05) is 21.3 Å². The maximum absolute atomic E-state index is 7.00. The van der Waals surface area contributed by atoms with Crippen molar-refractivity contribution >= 4 is 13.3 Å². The van der Waals surface area contributed by atoms with E-state index >= 15 is 0 Å². The van der Waals surface area contributed by atoms with Crippen LogP contribution < -0.4 is 5.19 Å². The van der Waals surface area contributed by atoms with E-state index in [0.717, 1.165) is 21.3 Å². The van der Waals surface area contributed by atoms with E-state index in [4.69, 9.17) is 15.3 Å². The van der Waals surface area contributed by atoms with Gasteiger partial charge in [0.1, 0.15) is 0 Å². The zero-order valence-corrected chi connectivity index (χ0v) is 15.7. The van der Waals surface area contributed by atoms with Gasteiger partial charge in [-0.05, 0) is 0 Å². The second-order valence-electron chi connectivity index (χ2n) is 3.42. The molecule has 0 aliphatic rings. The Bertz CT molecular complexity index is 184. The zero-order valence-electron chi connectivity index (χ0n) is 11.2. The average molecular weight is 412 g/mol. The van der Waals surface area contributed by atoms with Crippen LogP contribution in [0.15, 0.2) is 24.3 Å². The molecule has 1 aromatic carbocycles. The first-order valence-electron chi connectivity index (χ1n) is 4.67. The third kappa shape index (κ3) is 14.3. The molecular weight excluding hydrogens is 387 g/mol. The molecule has 16 heavy (non-hydrogen) atoms. The molecule has 0 amide bonds. The summed E-state index contributed by atoms with van der Waals surface area (Å²) in [4.78, 5) is 0. The first kappa shape index (κ1) is 25.2. The molecule has 0 atom stereocenters. The fourth-order valence-corrected chi connectivity index (χ4v) is 2.07. The van der Waals surface area contributed by atoms with Crippen LogP contribution in [0.4, 0.5) is 0 Å². The van der Waals surface area contributed by atoms with Crippen molar-refractivity contribution < 1.29 is 41.2 Å². The molecule has 3 nitrogen and oxygen atoms in total. The van der Waals surface area contributed by atoms with E-state index in [-0.39, 0.29) is 25.8 Å². The minimum absolute atomic E-state index is 0. The predicted molar refractivity (Wildman–Crippen MR) is 69.4 cm³/mol. The standard InChI is InChI=1S/C8H13Si.3CH4O.Hf/c1-9(2,3)8-6-4-5-7-8;3*1-2;/h4-7H,1-3H3;3*2H,1H3;/q-1;;;;. The van der Waals surface area contributed by atoms with E-state index in [1.165, 1.54) is 0 Å². The molecule has 0 fully saturated rings. The predicted octanol–water partition coefficient (Wildman–Crippen LogP) is 0.774. The third-order valence-corrected chi connectivity index (χ3v) is 3.59. The monoisotopic (exact) mass is 413 g/mol. The Balaban J connectivity index is -0.0000000900. The summed E-state index contributed by atoms with van der Waals surface area (Å²) < 4.78 is 0. The molecule has 1 rings (SSSR count). The molecule has 0 heterocycles. The molecule has 0 unspecified atom stereocenters. The Kier molecular flexibility index (Phi) is 27.9. The summed E-state index contributed by atoms with van der Waals surface area (Å²) in [6.45, 7) is 7.09. The molecule has 0 saturated heterocycles. The summed E-state index contributed by atoms with van der Waals surface area (Å²) >= 11 is 0. The second kappa shape index (κ2) is 17.7. The van der Waals surface area contributed by atoms with Gasteiger partial charge in [0.25, 0.3) is 0 Å². The van der Waals surface area contributed by atoms with Crippen LogP contribution in [0, 0.1) is 0 Å². The van der Waals surface area contributed by atoms with E-state index < -0.39 is 8.07 Å². The Labute approximate surface area is 119 Å². The van der Waals surface area contributed by atoms with Gasteiger partial charge < -0.3 is 15.3 Å². The van der Waals surface area contributed by atoms with Gasteiger partial charge in [-0.2, -0.15) is 17.3 Å². The van der Waals surface area contributed by atoms with E-state index in [0.29, 0.717) is 0 Å². The van der Waals surface area contributed by atoms with Crippen LogP contribution in [0.2, 0.25) is 19.6 Å². The molecule has 5 heteroatoms. The van der Waals surface area contributed by atoms with Crippen molar-refractivity contribution in [1.29, 1.82) is 0 Å². The van der Waals surface area contributed by atoms with Crippen LogP contribution in [-0.4, -0.2) is 44.7 Å². The summed E-state index contributed by atoms with van der Waals surface area (Å²) in [6, 6.07) is 8.69. The fourth-order valence-electron chi connectivity index (χ4n) is 0.874. The average Bonchev–Trinajstić information content (AvgIpc) is 2.79. The summed E-state index contributed by atoms with van der Waals surface area (Å²) in [6.07, 6.45) is 0. The Morgan fingerprint density at radius 2 is 1.00 bits per heavy atom. The molecule has 0 radical (unpaired) electrons. The van der Waals surface area contributed by atoms with Gasteiger partial charge in [-0.15, -0.1) is 0 Å². The molecule has 0 aromatic heterocycles. The van der Waals surface area contributed by atoms with Gasteiger partial charge in [-0.3, -0.25) is 0 Å². The van der Waals surface area contributed by atoms with Gasteiger partial charge in [0.2, 0.25) is 0 Å². The number of hydrogen-bond acceptors (Lipinski definition) is 3. The minimum atomic E-state index is -0.981. The number of aliphatic hydroxyl groups is 3. The molecule has 0 aliphatic heterocycles. The maximum Gasteiger partial charge on any atom is 0.0319 e. The van der Waals surface area contributed by atoms with Crippen LogP contribution >= 0.6 is 0 Å². The van der Waals surface area contributed by atoms with Crippen LogP contribution in [0.5, 0.6) is 0 Å². The second-order valence-corrected chi connectivity index (χ2v) is 8.50. The van der Waals surface area contributed by atoms with Gasteiger partial charge in [0.15, 0.2) is 0 Å². The quantitative estimate of drug-likeness (QED) is 0.472. The largest absolute Gasteiger partial charge is 0.400 e. The fraction of sp³-hybridized carbons (Fsp3) is 0.545. The topological polar surface area (TPSA) is 60.7 Å². The number of aliphatic hydroxyl groups excluding tert-OH is 3. The first-order valence-corrected chi connectivity index (χ1v) is 8.17. The number of rotatable bonds is 1. The smallest absolute Gasteiger partial charge is 0.0319 e. The first-order chi connectivity index (χ1) is 7.11. The third-order valence-electron chi connectivity index (χ3n) is 1.53. The van der Waals surface area contributed by atoms with Gasteiger partial charge in [-0.25, -0.2) is 12.1 Å². The molecule has 3 N–H and O–H groups in total. The van der Waals surface area contributed by atoms with E-state index in [9.17, 15) is 0 Å². The number of hydrogen-bond donors (Lipinski definition) is 3. The van der Waals surface area contributed by atoms with Crippen molar-refractivity contribution in [2.45, 2.75) is 19.6 Å². The molecule has 96 valence electrons. The van der Waals surface area contributed by atoms with Crippen LogP contribution in [0.25, 0.3) is 0 Å². The van der Waals surface area contributed by atoms with Gasteiger partial charge in [0, 0.05) is 55.2 Å². The summed E-state index contributed by atoms with van der Waals surface area (Å²) in [7, 11) is 2.02. The Morgan fingerprint density at radius 1 is 0.750 bits per heavy atom. The maximum atomic E-state index is 7.00. The van der Waals surface area contributed by atoms with Crippen molar-refractivity contribution in [3.63, 3.8) is 0 Å².